The molecule has 0 bridgehead atoms. The van der Waals surface area contributed by atoms with Gasteiger partial charge < -0.3 is 9.30 Å². The summed E-state index contributed by atoms with van der Waals surface area (Å²) in [6, 6.07) is 0. The number of aromatic nitrogens is 3. The number of aryl methyl sites for hydroxylation is 1. The van der Waals surface area contributed by atoms with Gasteiger partial charge in [0.15, 0.2) is 0 Å². The van der Waals surface area contributed by atoms with Crippen molar-refractivity contribution in [3.63, 3.8) is 0 Å². The first-order valence-corrected chi connectivity index (χ1v) is 4.72. The van der Waals surface area contributed by atoms with Crippen LogP contribution in [0.15, 0.2) is 0 Å². The molecule has 13 heavy (non-hydrogen) atoms. The zero-order valence-corrected chi connectivity index (χ0v) is 8.16. The van der Waals surface area contributed by atoms with Crippen LogP contribution in [0.3, 0.4) is 0 Å². The Morgan fingerprint density at radius 2 is 2.00 bits per heavy atom. The Bertz CT molecular complexity index is 289. The molecule has 0 radical (unpaired) electrons. The van der Waals surface area contributed by atoms with E-state index in [1.54, 1.807) is 0 Å². The van der Waals surface area contributed by atoms with Crippen LogP contribution in [0.25, 0.3) is 0 Å². The lowest BCUT2D eigenvalue weighted by Crippen LogP contribution is -2.17. The summed E-state index contributed by atoms with van der Waals surface area (Å²) in [5.74, 6) is 2.64. The van der Waals surface area contributed by atoms with Crippen LogP contribution in [0.1, 0.15) is 30.4 Å². The van der Waals surface area contributed by atoms with Crippen LogP contribution in [0.4, 0.5) is 0 Å². The van der Waals surface area contributed by atoms with Crippen molar-refractivity contribution < 1.29 is 4.74 Å². The molecule has 72 valence electrons. The maximum atomic E-state index is 5.31. The van der Waals surface area contributed by atoms with Crippen molar-refractivity contribution in [1.29, 1.82) is 0 Å². The molecule has 1 aliphatic rings. The Morgan fingerprint density at radius 1 is 1.31 bits per heavy atom. The normalized spacial score (nSPS) is 19.2. The highest BCUT2D eigenvalue weighted by Crippen LogP contribution is 2.24. The zero-order valence-electron chi connectivity index (χ0n) is 8.16. The SMILES string of the molecule is Cc1nnc(C2CCOCC2)n1C. The summed E-state index contributed by atoms with van der Waals surface area (Å²) in [5, 5.41) is 8.26. The van der Waals surface area contributed by atoms with Crippen molar-refractivity contribution in [2.24, 2.45) is 7.05 Å². The summed E-state index contributed by atoms with van der Waals surface area (Å²) in [4.78, 5) is 0. The average Bonchev–Trinajstić information content (AvgIpc) is 2.49. The van der Waals surface area contributed by atoms with Gasteiger partial charge in [0, 0.05) is 26.2 Å². The molecule has 1 aromatic rings. The van der Waals surface area contributed by atoms with Crippen molar-refractivity contribution in [1.82, 2.24) is 14.8 Å². The fraction of sp³-hybridized carbons (Fsp3) is 0.778. The largest absolute Gasteiger partial charge is 0.381 e. The van der Waals surface area contributed by atoms with Gasteiger partial charge in [0.05, 0.1) is 0 Å². The van der Waals surface area contributed by atoms with Crippen molar-refractivity contribution >= 4 is 0 Å². The van der Waals surface area contributed by atoms with Gasteiger partial charge in [-0.2, -0.15) is 0 Å². The summed E-state index contributed by atoms with van der Waals surface area (Å²) < 4.78 is 7.39. The van der Waals surface area contributed by atoms with E-state index in [2.05, 4.69) is 14.8 Å². The second-order valence-corrected chi connectivity index (χ2v) is 3.55. The number of hydrogen-bond donors (Lipinski definition) is 0. The number of hydrogen-bond acceptors (Lipinski definition) is 3. The maximum absolute atomic E-state index is 5.31. The number of rotatable bonds is 1. The maximum Gasteiger partial charge on any atom is 0.136 e. The summed E-state index contributed by atoms with van der Waals surface area (Å²) in [6.07, 6.45) is 2.15. The van der Waals surface area contributed by atoms with Crippen molar-refractivity contribution in [3.8, 4) is 0 Å². The van der Waals surface area contributed by atoms with Gasteiger partial charge in [-0.15, -0.1) is 10.2 Å². The van der Waals surface area contributed by atoms with Crippen LogP contribution in [0, 0.1) is 6.92 Å². The van der Waals surface area contributed by atoms with Gasteiger partial charge >= 0.3 is 0 Å². The monoisotopic (exact) mass is 181 g/mol. The molecule has 0 atom stereocenters. The molecule has 4 nitrogen and oxygen atoms in total. The molecule has 0 spiro atoms. The van der Waals surface area contributed by atoms with Gasteiger partial charge in [0.1, 0.15) is 11.6 Å². The highest BCUT2D eigenvalue weighted by molar-refractivity contribution is 5.00. The molecule has 0 amide bonds. The molecule has 1 saturated heterocycles. The summed E-state index contributed by atoms with van der Waals surface area (Å²) >= 11 is 0. The molecule has 1 aromatic heterocycles. The minimum atomic E-state index is 0.542. The Balaban J connectivity index is 2.18. The van der Waals surface area contributed by atoms with E-state index in [9.17, 15) is 0 Å². The van der Waals surface area contributed by atoms with E-state index in [1.807, 2.05) is 14.0 Å². The minimum Gasteiger partial charge on any atom is -0.381 e. The Morgan fingerprint density at radius 3 is 2.54 bits per heavy atom. The molecule has 0 saturated carbocycles. The van der Waals surface area contributed by atoms with Gasteiger partial charge in [-0.25, -0.2) is 0 Å². The minimum absolute atomic E-state index is 0.542. The van der Waals surface area contributed by atoms with Crippen LogP contribution in [-0.2, 0) is 11.8 Å². The predicted molar refractivity (Wildman–Crippen MR) is 48.5 cm³/mol. The number of nitrogens with zero attached hydrogens (tertiary/aromatic N) is 3. The molecule has 0 aromatic carbocycles. The van der Waals surface area contributed by atoms with Crippen LogP contribution in [-0.4, -0.2) is 28.0 Å². The molecule has 1 fully saturated rings. The lowest BCUT2D eigenvalue weighted by Gasteiger charge is -2.20. The van der Waals surface area contributed by atoms with Crippen molar-refractivity contribution in [2.75, 3.05) is 13.2 Å². The topological polar surface area (TPSA) is 39.9 Å². The lowest BCUT2D eigenvalue weighted by atomic mass is 9.99. The highest BCUT2D eigenvalue weighted by atomic mass is 16.5. The lowest BCUT2D eigenvalue weighted by molar-refractivity contribution is 0.0829. The fourth-order valence-electron chi connectivity index (χ4n) is 1.73. The Kier molecular flexibility index (Phi) is 2.31. The van der Waals surface area contributed by atoms with E-state index >= 15 is 0 Å². The van der Waals surface area contributed by atoms with Crippen LogP contribution in [0.2, 0.25) is 0 Å². The van der Waals surface area contributed by atoms with E-state index in [1.165, 1.54) is 0 Å². The third-order valence-corrected chi connectivity index (χ3v) is 2.71. The third kappa shape index (κ3) is 1.58. The molecule has 1 aliphatic heterocycles. The molecular weight excluding hydrogens is 166 g/mol. The van der Waals surface area contributed by atoms with E-state index in [0.29, 0.717) is 5.92 Å². The van der Waals surface area contributed by atoms with Crippen LogP contribution < -0.4 is 0 Å². The van der Waals surface area contributed by atoms with Gasteiger partial charge in [-0.1, -0.05) is 0 Å². The standard InChI is InChI=1S/C9H15N3O/c1-7-10-11-9(12(7)2)8-3-5-13-6-4-8/h8H,3-6H2,1-2H3. The Hall–Kier alpha value is -0.900. The summed E-state index contributed by atoms with van der Waals surface area (Å²) in [5.41, 5.74) is 0. The van der Waals surface area contributed by atoms with Gasteiger partial charge in [0.2, 0.25) is 0 Å². The van der Waals surface area contributed by atoms with E-state index < -0.39 is 0 Å². The van der Waals surface area contributed by atoms with Crippen LogP contribution in [0.5, 0.6) is 0 Å². The molecular formula is C9H15N3O. The average molecular weight is 181 g/mol. The Labute approximate surface area is 77.9 Å². The second kappa shape index (κ2) is 3.46. The molecule has 0 N–H and O–H groups in total. The summed E-state index contributed by atoms with van der Waals surface area (Å²) in [6.45, 7) is 3.70. The molecule has 4 heteroatoms. The van der Waals surface area contributed by atoms with E-state index in [-0.39, 0.29) is 0 Å². The number of ether oxygens (including phenoxy) is 1. The smallest absolute Gasteiger partial charge is 0.136 e. The van der Waals surface area contributed by atoms with Crippen LogP contribution >= 0.6 is 0 Å². The molecule has 2 heterocycles. The first-order chi connectivity index (χ1) is 6.29. The fourth-order valence-corrected chi connectivity index (χ4v) is 1.73. The molecule has 2 rings (SSSR count). The molecule has 0 unspecified atom stereocenters. The second-order valence-electron chi connectivity index (χ2n) is 3.55. The third-order valence-electron chi connectivity index (χ3n) is 2.71. The van der Waals surface area contributed by atoms with Crippen molar-refractivity contribution in [3.05, 3.63) is 11.6 Å². The quantitative estimate of drug-likeness (QED) is 0.649. The first kappa shape index (κ1) is 8.69. The van der Waals surface area contributed by atoms with Crippen molar-refractivity contribution in [2.45, 2.75) is 25.7 Å². The van der Waals surface area contributed by atoms with Gasteiger partial charge in [0.25, 0.3) is 0 Å². The van der Waals surface area contributed by atoms with Gasteiger partial charge in [-0.05, 0) is 19.8 Å². The highest BCUT2D eigenvalue weighted by Gasteiger charge is 2.20. The zero-order chi connectivity index (χ0) is 9.26. The first-order valence-electron chi connectivity index (χ1n) is 4.72. The summed E-state index contributed by atoms with van der Waals surface area (Å²) in [7, 11) is 2.03. The van der Waals surface area contributed by atoms with E-state index in [4.69, 9.17) is 4.74 Å². The molecule has 0 aliphatic carbocycles. The predicted octanol–water partition coefficient (Wildman–Crippen LogP) is 1.02. The van der Waals surface area contributed by atoms with E-state index in [0.717, 1.165) is 37.7 Å². The van der Waals surface area contributed by atoms with Gasteiger partial charge in [-0.3, -0.25) is 0 Å².